The SMILES string of the molecule is CCN1CCCC1CNC(=NC)NCc1ccc(CN2CCOCC2)cc1.I. The fourth-order valence-corrected chi connectivity index (χ4v) is 3.94. The third-order valence-electron chi connectivity index (χ3n) is 5.63. The van der Waals surface area contributed by atoms with E-state index in [-0.39, 0.29) is 24.0 Å². The Balaban J connectivity index is 0.00000280. The summed E-state index contributed by atoms with van der Waals surface area (Å²) in [4.78, 5) is 9.37. The number of morpholine rings is 1. The topological polar surface area (TPSA) is 52.1 Å². The summed E-state index contributed by atoms with van der Waals surface area (Å²) in [6.45, 7) is 11.1. The van der Waals surface area contributed by atoms with E-state index < -0.39 is 0 Å². The molecule has 0 radical (unpaired) electrons. The Hall–Kier alpha value is -0.900. The minimum atomic E-state index is 0. The quantitative estimate of drug-likeness (QED) is 0.341. The predicted molar refractivity (Wildman–Crippen MR) is 126 cm³/mol. The number of likely N-dealkylation sites (N-methyl/N-ethyl adjacent to an activating group) is 1. The molecule has 0 saturated carbocycles. The number of halogens is 1. The summed E-state index contributed by atoms with van der Waals surface area (Å²) in [5, 5.41) is 6.93. The molecule has 1 unspecified atom stereocenters. The second kappa shape index (κ2) is 12.6. The lowest BCUT2D eigenvalue weighted by molar-refractivity contribution is 0.0342. The number of nitrogens with one attached hydrogen (secondary N) is 2. The first-order valence-corrected chi connectivity index (χ1v) is 10.3. The highest BCUT2D eigenvalue weighted by molar-refractivity contribution is 14.0. The van der Waals surface area contributed by atoms with Gasteiger partial charge in [0.15, 0.2) is 5.96 Å². The maximum Gasteiger partial charge on any atom is 0.191 e. The molecule has 158 valence electrons. The monoisotopic (exact) mass is 501 g/mol. The molecule has 0 aliphatic carbocycles. The molecule has 2 N–H and O–H groups in total. The van der Waals surface area contributed by atoms with E-state index in [1.54, 1.807) is 0 Å². The van der Waals surface area contributed by atoms with Crippen LogP contribution in [0.3, 0.4) is 0 Å². The number of benzene rings is 1. The number of rotatable bonds is 7. The number of hydrogen-bond acceptors (Lipinski definition) is 4. The van der Waals surface area contributed by atoms with Gasteiger partial charge in [-0.2, -0.15) is 0 Å². The molecule has 0 bridgehead atoms. The highest BCUT2D eigenvalue weighted by Crippen LogP contribution is 2.15. The maximum atomic E-state index is 5.42. The number of hydrogen-bond donors (Lipinski definition) is 2. The lowest BCUT2D eigenvalue weighted by atomic mass is 10.1. The summed E-state index contributed by atoms with van der Waals surface area (Å²) >= 11 is 0. The first kappa shape index (κ1) is 23.4. The van der Waals surface area contributed by atoms with E-state index >= 15 is 0 Å². The molecule has 0 aromatic heterocycles. The van der Waals surface area contributed by atoms with Crippen LogP contribution in [0, 0.1) is 0 Å². The van der Waals surface area contributed by atoms with Gasteiger partial charge in [0.1, 0.15) is 0 Å². The second-order valence-electron chi connectivity index (χ2n) is 7.44. The predicted octanol–water partition coefficient (Wildman–Crippen LogP) is 2.29. The average Bonchev–Trinajstić information content (AvgIpc) is 3.18. The molecule has 2 aliphatic heterocycles. The molecule has 1 aromatic carbocycles. The van der Waals surface area contributed by atoms with Crippen LogP contribution in [0.2, 0.25) is 0 Å². The van der Waals surface area contributed by atoms with Gasteiger partial charge in [0, 0.05) is 45.8 Å². The van der Waals surface area contributed by atoms with Gasteiger partial charge >= 0.3 is 0 Å². The lowest BCUT2D eigenvalue weighted by Gasteiger charge is -2.26. The molecule has 1 aromatic rings. The summed E-state index contributed by atoms with van der Waals surface area (Å²) in [5.41, 5.74) is 2.64. The van der Waals surface area contributed by atoms with E-state index in [0.29, 0.717) is 6.04 Å². The minimum absolute atomic E-state index is 0. The summed E-state index contributed by atoms with van der Waals surface area (Å²) in [5.74, 6) is 0.885. The molecule has 2 aliphatic rings. The van der Waals surface area contributed by atoms with E-state index in [1.165, 1.54) is 30.5 Å². The van der Waals surface area contributed by atoms with E-state index in [0.717, 1.165) is 58.4 Å². The van der Waals surface area contributed by atoms with Crippen molar-refractivity contribution in [2.45, 2.75) is 38.9 Å². The lowest BCUT2D eigenvalue weighted by Crippen LogP contribution is -2.44. The summed E-state index contributed by atoms with van der Waals surface area (Å²) in [6.07, 6.45) is 2.59. The number of aliphatic imine (C=N–C) groups is 1. The van der Waals surface area contributed by atoms with Gasteiger partial charge in [-0.3, -0.25) is 14.8 Å². The largest absolute Gasteiger partial charge is 0.379 e. The van der Waals surface area contributed by atoms with Gasteiger partial charge in [-0.1, -0.05) is 31.2 Å². The summed E-state index contributed by atoms with van der Waals surface area (Å²) in [6, 6.07) is 9.53. The molecule has 2 saturated heterocycles. The summed E-state index contributed by atoms with van der Waals surface area (Å²) in [7, 11) is 1.84. The highest BCUT2D eigenvalue weighted by atomic mass is 127. The smallest absolute Gasteiger partial charge is 0.191 e. The van der Waals surface area contributed by atoms with Crippen LogP contribution < -0.4 is 10.6 Å². The average molecular weight is 501 g/mol. The molecule has 28 heavy (non-hydrogen) atoms. The first-order valence-electron chi connectivity index (χ1n) is 10.3. The minimum Gasteiger partial charge on any atom is -0.379 e. The van der Waals surface area contributed by atoms with Gasteiger partial charge in [0.05, 0.1) is 13.2 Å². The van der Waals surface area contributed by atoms with Crippen molar-refractivity contribution in [1.82, 2.24) is 20.4 Å². The van der Waals surface area contributed by atoms with Crippen LogP contribution in [0.5, 0.6) is 0 Å². The summed E-state index contributed by atoms with van der Waals surface area (Å²) < 4.78 is 5.42. The Morgan fingerprint density at radius 1 is 1.11 bits per heavy atom. The Kier molecular flexibility index (Phi) is 10.5. The fraction of sp³-hybridized carbons (Fsp3) is 0.667. The molecule has 3 rings (SSSR count). The van der Waals surface area contributed by atoms with Crippen molar-refractivity contribution in [2.75, 3.05) is 53.0 Å². The molecule has 0 amide bonds. The normalized spacial score (nSPS) is 21.4. The van der Waals surface area contributed by atoms with Crippen LogP contribution in [0.25, 0.3) is 0 Å². The number of nitrogens with zero attached hydrogens (tertiary/aromatic N) is 3. The molecular weight excluding hydrogens is 465 g/mol. The Labute approximate surface area is 187 Å². The van der Waals surface area contributed by atoms with Gasteiger partial charge < -0.3 is 15.4 Å². The van der Waals surface area contributed by atoms with Crippen molar-refractivity contribution in [2.24, 2.45) is 4.99 Å². The van der Waals surface area contributed by atoms with Crippen molar-refractivity contribution in [1.29, 1.82) is 0 Å². The van der Waals surface area contributed by atoms with Crippen LogP contribution in [-0.4, -0.2) is 74.8 Å². The second-order valence-corrected chi connectivity index (χ2v) is 7.44. The molecule has 6 nitrogen and oxygen atoms in total. The molecule has 2 heterocycles. The van der Waals surface area contributed by atoms with Crippen LogP contribution in [-0.2, 0) is 17.8 Å². The van der Waals surface area contributed by atoms with Crippen LogP contribution in [0.4, 0.5) is 0 Å². The molecule has 0 spiro atoms. The standard InChI is InChI=1S/C21H35N5O.HI/c1-3-26-10-4-5-20(26)16-24-21(22-2)23-15-18-6-8-19(9-7-18)17-25-11-13-27-14-12-25;/h6-9,20H,3-5,10-17H2,1-2H3,(H2,22,23,24);1H. The van der Waals surface area contributed by atoms with E-state index in [4.69, 9.17) is 4.74 Å². The molecular formula is C21H36IN5O. The number of guanidine groups is 1. The van der Waals surface area contributed by atoms with Gasteiger partial charge in [0.25, 0.3) is 0 Å². The van der Waals surface area contributed by atoms with Crippen LogP contribution >= 0.6 is 24.0 Å². The van der Waals surface area contributed by atoms with E-state index in [1.807, 2.05) is 7.05 Å². The molecule has 7 heteroatoms. The van der Waals surface area contributed by atoms with Crippen LogP contribution in [0.1, 0.15) is 30.9 Å². The zero-order chi connectivity index (χ0) is 18.9. The van der Waals surface area contributed by atoms with Crippen molar-refractivity contribution < 1.29 is 4.74 Å². The zero-order valence-corrected chi connectivity index (χ0v) is 19.7. The van der Waals surface area contributed by atoms with Crippen molar-refractivity contribution >= 4 is 29.9 Å². The van der Waals surface area contributed by atoms with Gasteiger partial charge in [-0.05, 0) is 37.1 Å². The molecule has 2 fully saturated rings. The maximum absolute atomic E-state index is 5.42. The van der Waals surface area contributed by atoms with Crippen molar-refractivity contribution in [3.8, 4) is 0 Å². The number of likely N-dealkylation sites (tertiary alicyclic amines) is 1. The third kappa shape index (κ3) is 7.17. The van der Waals surface area contributed by atoms with Gasteiger partial charge in [-0.25, -0.2) is 0 Å². The van der Waals surface area contributed by atoms with Gasteiger partial charge in [0.2, 0.25) is 0 Å². The highest BCUT2D eigenvalue weighted by Gasteiger charge is 2.22. The van der Waals surface area contributed by atoms with Crippen molar-refractivity contribution in [3.63, 3.8) is 0 Å². The fourth-order valence-electron chi connectivity index (χ4n) is 3.94. The number of ether oxygens (including phenoxy) is 1. The Bertz CT molecular complexity index is 589. The third-order valence-corrected chi connectivity index (χ3v) is 5.63. The zero-order valence-electron chi connectivity index (χ0n) is 17.3. The Morgan fingerprint density at radius 2 is 1.82 bits per heavy atom. The van der Waals surface area contributed by atoms with Crippen LogP contribution in [0.15, 0.2) is 29.3 Å². The first-order chi connectivity index (χ1) is 13.3. The van der Waals surface area contributed by atoms with E-state index in [9.17, 15) is 0 Å². The van der Waals surface area contributed by atoms with Crippen molar-refractivity contribution in [3.05, 3.63) is 35.4 Å². The van der Waals surface area contributed by atoms with E-state index in [2.05, 4.69) is 56.6 Å². The van der Waals surface area contributed by atoms with Gasteiger partial charge in [-0.15, -0.1) is 24.0 Å². The molecule has 1 atom stereocenters. The Morgan fingerprint density at radius 3 is 2.50 bits per heavy atom.